The number of halogens is 1. The Morgan fingerprint density at radius 3 is 2.38 bits per heavy atom. The molecule has 0 aliphatic rings. The van der Waals surface area contributed by atoms with Crippen LogP contribution in [0.25, 0.3) is 0 Å². The molecule has 2 rings (SSSR count). The fourth-order valence-electron chi connectivity index (χ4n) is 1.99. The summed E-state index contributed by atoms with van der Waals surface area (Å²) < 4.78 is 39.9. The molecule has 0 aliphatic heterocycles. The predicted octanol–water partition coefficient (Wildman–Crippen LogP) is 2.75. The molecule has 128 valence electrons. The highest BCUT2D eigenvalue weighted by atomic mass is 32.2. The first-order valence-corrected chi connectivity index (χ1v) is 8.88. The molecule has 0 heterocycles. The van der Waals surface area contributed by atoms with Crippen LogP contribution in [-0.4, -0.2) is 20.9 Å². The maximum atomic E-state index is 13.4. The van der Waals surface area contributed by atoms with Crippen molar-refractivity contribution < 1.29 is 17.6 Å². The van der Waals surface area contributed by atoms with E-state index in [4.69, 9.17) is 0 Å². The summed E-state index contributed by atoms with van der Waals surface area (Å²) in [7, 11) is -3.65. The van der Waals surface area contributed by atoms with Crippen molar-refractivity contribution in [1.29, 1.82) is 0 Å². The minimum Gasteiger partial charge on any atom is -0.326 e. The van der Waals surface area contributed by atoms with Crippen LogP contribution in [0.4, 0.5) is 10.1 Å². The first kappa shape index (κ1) is 18.1. The molecule has 7 heteroatoms. The third-order valence-corrected chi connectivity index (χ3v) is 4.91. The molecule has 0 spiro atoms. The van der Waals surface area contributed by atoms with Gasteiger partial charge in [-0.3, -0.25) is 4.79 Å². The number of hydrogen-bond donors (Lipinski definition) is 2. The highest BCUT2D eigenvalue weighted by molar-refractivity contribution is 7.89. The topological polar surface area (TPSA) is 75.3 Å². The van der Waals surface area contributed by atoms with E-state index in [1.54, 1.807) is 31.2 Å². The fourth-order valence-corrected chi connectivity index (χ4v) is 3.03. The van der Waals surface area contributed by atoms with Crippen LogP contribution in [0.5, 0.6) is 0 Å². The van der Waals surface area contributed by atoms with Crippen molar-refractivity contribution in [2.45, 2.75) is 25.2 Å². The van der Waals surface area contributed by atoms with Crippen molar-refractivity contribution in [2.75, 3.05) is 11.9 Å². The normalized spacial score (nSPS) is 11.3. The Balaban J connectivity index is 1.87. The van der Waals surface area contributed by atoms with E-state index in [0.717, 1.165) is 5.56 Å². The van der Waals surface area contributed by atoms with Gasteiger partial charge in [-0.2, -0.15) is 0 Å². The zero-order valence-corrected chi connectivity index (χ0v) is 14.3. The summed E-state index contributed by atoms with van der Waals surface area (Å²) in [5, 5.41) is 2.53. The van der Waals surface area contributed by atoms with Gasteiger partial charge in [-0.15, -0.1) is 0 Å². The molecular formula is C17H19FN2O3S. The summed E-state index contributed by atoms with van der Waals surface area (Å²) >= 11 is 0. The molecular weight excluding hydrogens is 331 g/mol. The van der Waals surface area contributed by atoms with Crippen LogP contribution in [0, 0.1) is 19.7 Å². The molecule has 5 nitrogen and oxygen atoms in total. The zero-order chi connectivity index (χ0) is 17.7. The van der Waals surface area contributed by atoms with E-state index in [1.807, 2.05) is 6.92 Å². The largest absolute Gasteiger partial charge is 0.326 e. The number of sulfonamides is 1. The molecule has 0 unspecified atom stereocenters. The van der Waals surface area contributed by atoms with Gasteiger partial charge >= 0.3 is 0 Å². The number of anilines is 1. The second kappa shape index (κ2) is 7.55. The fraction of sp³-hybridized carbons (Fsp3) is 0.235. The number of benzene rings is 2. The lowest BCUT2D eigenvalue weighted by Gasteiger charge is -2.08. The zero-order valence-electron chi connectivity index (χ0n) is 13.5. The molecule has 0 aromatic heterocycles. The van der Waals surface area contributed by atoms with E-state index in [-0.39, 0.29) is 17.9 Å². The number of amides is 1. The van der Waals surface area contributed by atoms with E-state index in [2.05, 4.69) is 10.0 Å². The number of hydrogen-bond acceptors (Lipinski definition) is 3. The Hall–Kier alpha value is -2.25. The van der Waals surface area contributed by atoms with Gasteiger partial charge in [-0.1, -0.05) is 23.8 Å². The smallest absolute Gasteiger partial charge is 0.240 e. The lowest BCUT2D eigenvalue weighted by Crippen LogP contribution is -2.27. The van der Waals surface area contributed by atoms with Crippen LogP contribution >= 0.6 is 0 Å². The van der Waals surface area contributed by atoms with Crippen molar-refractivity contribution in [2.24, 2.45) is 0 Å². The Labute approximate surface area is 141 Å². The number of rotatable bonds is 6. The van der Waals surface area contributed by atoms with Crippen LogP contribution in [-0.2, 0) is 14.8 Å². The number of aryl methyl sites for hydroxylation is 2. The molecule has 24 heavy (non-hydrogen) atoms. The lowest BCUT2D eigenvalue weighted by atomic mass is 10.2. The molecule has 0 saturated heterocycles. The second-order valence-corrected chi connectivity index (χ2v) is 7.24. The summed E-state index contributed by atoms with van der Waals surface area (Å²) in [6, 6.07) is 10.8. The van der Waals surface area contributed by atoms with Gasteiger partial charge in [-0.25, -0.2) is 17.5 Å². The first-order chi connectivity index (χ1) is 11.3. The van der Waals surface area contributed by atoms with Gasteiger partial charge in [0.2, 0.25) is 15.9 Å². The maximum Gasteiger partial charge on any atom is 0.240 e. The summed E-state index contributed by atoms with van der Waals surface area (Å²) in [6.45, 7) is 3.44. The quantitative estimate of drug-likeness (QED) is 0.841. The minimum atomic E-state index is -3.65. The van der Waals surface area contributed by atoms with Crippen molar-refractivity contribution in [1.82, 2.24) is 4.72 Å². The predicted molar refractivity (Wildman–Crippen MR) is 90.8 cm³/mol. The maximum absolute atomic E-state index is 13.4. The van der Waals surface area contributed by atoms with Crippen LogP contribution in [0.2, 0.25) is 0 Å². The number of carbonyl (C=O) groups excluding carboxylic acids is 1. The number of carbonyl (C=O) groups is 1. The number of nitrogens with one attached hydrogen (secondary N) is 2. The van der Waals surface area contributed by atoms with Crippen LogP contribution in [0.3, 0.4) is 0 Å². The summed E-state index contributed by atoms with van der Waals surface area (Å²) in [6.07, 6.45) is -0.0550. The van der Waals surface area contributed by atoms with Gasteiger partial charge in [0.05, 0.1) is 4.90 Å². The van der Waals surface area contributed by atoms with Gasteiger partial charge in [0.1, 0.15) is 5.82 Å². The standard InChI is InChI=1S/C17H19FN2O3S/c1-12-3-7-15(8-4-12)24(22,23)19-10-9-17(21)20-14-6-5-13(2)16(18)11-14/h3-8,11,19H,9-10H2,1-2H3,(H,20,21). The van der Waals surface area contributed by atoms with Crippen LogP contribution in [0.15, 0.2) is 47.4 Å². The minimum absolute atomic E-state index is 0.0453. The monoisotopic (exact) mass is 350 g/mol. The average Bonchev–Trinajstić information content (AvgIpc) is 2.51. The molecule has 0 radical (unpaired) electrons. The summed E-state index contributed by atoms with van der Waals surface area (Å²) in [5.74, 6) is -0.808. The van der Waals surface area contributed by atoms with Gasteiger partial charge in [0, 0.05) is 18.7 Å². The molecule has 0 atom stereocenters. The van der Waals surface area contributed by atoms with Gasteiger partial charge in [-0.05, 0) is 43.7 Å². The SMILES string of the molecule is Cc1ccc(S(=O)(=O)NCCC(=O)Nc2ccc(C)c(F)c2)cc1. The molecule has 2 aromatic rings. The highest BCUT2D eigenvalue weighted by Gasteiger charge is 2.14. The molecule has 0 fully saturated rings. The third kappa shape index (κ3) is 4.87. The van der Waals surface area contributed by atoms with E-state index in [1.165, 1.54) is 18.2 Å². The van der Waals surface area contributed by atoms with Gasteiger partial charge in [0.25, 0.3) is 0 Å². The van der Waals surface area contributed by atoms with Crippen molar-refractivity contribution in [3.63, 3.8) is 0 Å². The van der Waals surface area contributed by atoms with E-state index >= 15 is 0 Å². The summed E-state index contributed by atoms with van der Waals surface area (Å²) in [4.78, 5) is 12.0. The highest BCUT2D eigenvalue weighted by Crippen LogP contribution is 2.14. The van der Waals surface area contributed by atoms with Gasteiger partial charge < -0.3 is 5.32 Å². The Morgan fingerprint density at radius 2 is 1.75 bits per heavy atom. The van der Waals surface area contributed by atoms with Gasteiger partial charge in [0.15, 0.2) is 0 Å². The molecule has 2 aromatic carbocycles. The molecule has 1 amide bonds. The van der Waals surface area contributed by atoms with Crippen LogP contribution in [0.1, 0.15) is 17.5 Å². The van der Waals surface area contributed by atoms with Crippen molar-refractivity contribution >= 4 is 21.6 Å². The first-order valence-electron chi connectivity index (χ1n) is 7.40. The van der Waals surface area contributed by atoms with E-state index in [9.17, 15) is 17.6 Å². The molecule has 0 saturated carbocycles. The lowest BCUT2D eigenvalue weighted by molar-refractivity contribution is -0.116. The summed E-state index contributed by atoms with van der Waals surface area (Å²) in [5.41, 5.74) is 1.78. The molecule has 2 N–H and O–H groups in total. The third-order valence-electron chi connectivity index (χ3n) is 3.43. The Morgan fingerprint density at radius 1 is 1.08 bits per heavy atom. The van der Waals surface area contributed by atoms with E-state index in [0.29, 0.717) is 11.3 Å². The average molecular weight is 350 g/mol. The van der Waals surface area contributed by atoms with E-state index < -0.39 is 21.7 Å². The molecule has 0 aliphatic carbocycles. The van der Waals surface area contributed by atoms with Crippen LogP contribution < -0.4 is 10.0 Å². The Kier molecular flexibility index (Phi) is 5.69. The van der Waals surface area contributed by atoms with Crippen molar-refractivity contribution in [3.05, 3.63) is 59.4 Å². The van der Waals surface area contributed by atoms with Crippen molar-refractivity contribution in [3.8, 4) is 0 Å². The Bertz CT molecular complexity index is 833. The molecule has 0 bridgehead atoms. The second-order valence-electron chi connectivity index (χ2n) is 5.47.